The number of fused-ring (bicyclic) bond motifs is 2. The van der Waals surface area contributed by atoms with E-state index in [2.05, 4.69) is 38.4 Å². The Labute approximate surface area is 249 Å². The molecule has 0 saturated carbocycles. The first-order valence-corrected chi connectivity index (χ1v) is 13.0. The molecule has 1 fully saturated rings. The molecule has 0 aliphatic carbocycles. The van der Waals surface area contributed by atoms with Crippen LogP contribution in [0.1, 0.15) is 18.9 Å². The lowest BCUT2D eigenvalue weighted by molar-refractivity contribution is -0.193. The van der Waals surface area contributed by atoms with Crippen LogP contribution in [0.5, 0.6) is 0 Å². The molecule has 1 aliphatic heterocycles. The van der Waals surface area contributed by atoms with E-state index in [0.717, 1.165) is 58.9 Å². The summed E-state index contributed by atoms with van der Waals surface area (Å²) in [5, 5.41) is 24.5. The number of benzene rings is 2. The van der Waals surface area contributed by atoms with Gasteiger partial charge in [0.2, 0.25) is 5.89 Å². The fourth-order valence-electron chi connectivity index (χ4n) is 4.29. The summed E-state index contributed by atoms with van der Waals surface area (Å²) in [6.07, 6.45) is -2.24. The van der Waals surface area contributed by atoms with Gasteiger partial charge in [-0.1, -0.05) is 24.3 Å². The van der Waals surface area contributed by atoms with Crippen molar-refractivity contribution >= 4 is 39.6 Å². The molecule has 3 aromatic heterocycles. The van der Waals surface area contributed by atoms with E-state index in [1.807, 2.05) is 36.5 Å². The highest BCUT2D eigenvalue weighted by Crippen LogP contribution is 2.33. The van der Waals surface area contributed by atoms with Crippen molar-refractivity contribution in [1.29, 1.82) is 0 Å². The van der Waals surface area contributed by atoms with Crippen LogP contribution in [0.15, 0.2) is 65.5 Å². The van der Waals surface area contributed by atoms with E-state index < -0.39 is 24.3 Å². The summed E-state index contributed by atoms with van der Waals surface area (Å²) >= 11 is 0. The third-order valence-electron chi connectivity index (χ3n) is 6.51. The van der Waals surface area contributed by atoms with Crippen molar-refractivity contribution < 1.29 is 50.6 Å². The van der Waals surface area contributed by atoms with Crippen molar-refractivity contribution in [2.24, 2.45) is 0 Å². The molecule has 4 heterocycles. The van der Waals surface area contributed by atoms with Gasteiger partial charge in [-0.05, 0) is 54.9 Å². The standard InChI is InChI=1S/C24H22N6O.2C2HF3O2/c25-23-20(24-29-21-10-15-3-1-2-4-16(15)11-22(21)31-24)9-17(12-27-23)18-13-28-30(14-18)19-5-7-26-8-6-19;2*3-2(4,5)1(6)7/h1-4,9-14,19,26H,5-8H2,(H2,25,27);2*(H,6,7). The molecular formula is C28H24F6N6O5. The number of piperidine rings is 1. The number of aliphatic carboxylic acids is 2. The zero-order valence-corrected chi connectivity index (χ0v) is 22.9. The van der Waals surface area contributed by atoms with Crippen LogP contribution >= 0.6 is 0 Å². The molecule has 1 saturated heterocycles. The van der Waals surface area contributed by atoms with Gasteiger partial charge in [-0.3, -0.25) is 4.68 Å². The Morgan fingerprint density at radius 2 is 1.49 bits per heavy atom. The van der Waals surface area contributed by atoms with Gasteiger partial charge in [0.15, 0.2) is 5.58 Å². The fourth-order valence-corrected chi connectivity index (χ4v) is 4.29. The largest absolute Gasteiger partial charge is 0.490 e. The van der Waals surface area contributed by atoms with Gasteiger partial charge in [-0.25, -0.2) is 19.6 Å². The molecule has 0 bridgehead atoms. The molecule has 17 heteroatoms. The predicted molar refractivity (Wildman–Crippen MR) is 149 cm³/mol. The fraction of sp³-hybridized carbons (Fsp3) is 0.250. The summed E-state index contributed by atoms with van der Waals surface area (Å²) in [7, 11) is 0. The summed E-state index contributed by atoms with van der Waals surface area (Å²) in [5.41, 5.74) is 10.4. The van der Waals surface area contributed by atoms with Crippen LogP contribution in [-0.2, 0) is 9.59 Å². The topological polar surface area (TPSA) is 169 Å². The van der Waals surface area contributed by atoms with Crippen LogP contribution in [0.4, 0.5) is 32.2 Å². The average molecular weight is 639 g/mol. The molecule has 238 valence electrons. The number of nitrogens with two attached hydrogens (primary N) is 1. The minimum absolute atomic E-state index is 0.394. The number of carbonyl (C=O) groups is 2. The molecule has 0 amide bonds. The number of nitrogen functional groups attached to an aromatic ring is 1. The van der Waals surface area contributed by atoms with Gasteiger partial charge in [0.1, 0.15) is 11.3 Å². The Kier molecular flexibility index (Phi) is 9.60. The molecule has 0 atom stereocenters. The average Bonchev–Trinajstić information content (AvgIpc) is 3.64. The lowest BCUT2D eigenvalue weighted by atomic mass is 10.1. The van der Waals surface area contributed by atoms with Gasteiger partial charge in [0.05, 0.1) is 17.8 Å². The second-order valence-corrected chi connectivity index (χ2v) is 9.64. The Balaban J connectivity index is 0.000000277. The van der Waals surface area contributed by atoms with Gasteiger partial charge < -0.3 is 25.7 Å². The summed E-state index contributed by atoms with van der Waals surface area (Å²) in [4.78, 5) is 26.9. The normalized spacial score (nSPS) is 13.9. The monoisotopic (exact) mass is 638 g/mol. The first-order chi connectivity index (χ1) is 21.1. The van der Waals surface area contributed by atoms with E-state index in [0.29, 0.717) is 23.3 Å². The first kappa shape index (κ1) is 32.7. The van der Waals surface area contributed by atoms with Gasteiger partial charge in [-0.2, -0.15) is 31.4 Å². The third kappa shape index (κ3) is 8.26. The predicted octanol–water partition coefficient (Wildman–Crippen LogP) is 5.68. The smallest absolute Gasteiger partial charge is 0.475 e. The molecule has 0 unspecified atom stereocenters. The number of aromatic nitrogens is 4. The van der Waals surface area contributed by atoms with Gasteiger partial charge in [0.25, 0.3) is 0 Å². The molecule has 45 heavy (non-hydrogen) atoms. The second-order valence-electron chi connectivity index (χ2n) is 9.64. The highest BCUT2D eigenvalue weighted by Gasteiger charge is 2.38. The lowest BCUT2D eigenvalue weighted by Gasteiger charge is -2.22. The van der Waals surface area contributed by atoms with Crippen LogP contribution in [-0.4, -0.2) is 67.3 Å². The highest BCUT2D eigenvalue weighted by atomic mass is 19.4. The van der Waals surface area contributed by atoms with Crippen molar-refractivity contribution in [3.8, 4) is 22.6 Å². The molecular weight excluding hydrogens is 614 g/mol. The molecule has 0 spiro atoms. The number of nitrogens with zero attached hydrogens (tertiary/aromatic N) is 4. The maximum atomic E-state index is 10.6. The Morgan fingerprint density at radius 3 is 2.07 bits per heavy atom. The molecule has 6 rings (SSSR count). The SMILES string of the molecule is Nc1ncc(-c2cnn(C3CCNCC3)c2)cc1-c1nc2cc3ccccc3cc2o1.O=C(O)C(F)(F)F.O=C(O)C(F)(F)F. The van der Waals surface area contributed by atoms with Gasteiger partial charge in [-0.15, -0.1) is 0 Å². The van der Waals surface area contributed by atoms with E-state index >= 15 is 0 Å². The summed E-state index contributed by atoms with van der Waals surface area (Å²) in [6.45, 7) is 2.06. The van der Waals surface area contributed by atoms with E-state index in [4.69, 9.17) is 34.9 Å². The molecule has 5 N–H and O–H groups in total. The summed E-state index contributed by atoms with van der Waals surface area (Å²) in [6, 6.07) is 14.6. The molecule has 2 aromatic carbocycles. The number of carboxylic acids is 2. The van der Waals surface area contributed by atoms with Crippen molar-refractivity contribution in [3.63, 3.8) is 0 Å². The van der Waals surface area contributed by atoms with Gasteiger partial charge in [0, 0.05) is 23.5 Å². The Hall–Kier alpha value is -5.19. The van der Waals surface area contributed by atoms with Crippen LogP contribution < -0.4 is 11.1 Å². The maximum absolute atomic E-state index is 10.6. The quantitative estimate of drug-likeness (QED) is 0.180. The number of carboxylic acid groups (broad SMARTS) is 2. The van der Waals surface area contributed by atoms with Crippen LogP contribution in [0.2, 0.25) is 0 Å². The first-order valence-electron chi connectivity index (χ1n) is 13.0. The van der Waals surface area contributed by atoms with E-state index in [9.17, 15) is 26.3 Å². The summed E-state index contributed by atoms with van der Waals surface area (Å²) in [5.74, 6) is -4.64. The molecule has 1 aliphatic rings. The van der Waals surface area contributed by atoms with Crippen LogP contribution in [0, 0.1) is 0 Å². The van der Waals surface area contributed by atoms with Crippen molar-refractivity contribution in [3.05, 3.63) is 61.1 Å². The highest BCUT2D eigenvalue weighted by molar-refractivity contribution is 5.95. The third-order valence-corrected chi connectivity index (χ3v) is 6.51. The maximum Gasteiger partial charge on any atom is 0.490 e. The number of hydrogen-bond acceptors (Lipinski definition) is 8. The Morgan fingerprint density at radius 1 is 0.911 bits per heavy atom. The zero-order chi connectivity index (χ0) is 32.9. The number of hydrogen-bond donors (Lipinski definition) is 4. The number of anilines is 1. The van der Waals surface area contributed by atoms with Crippen molar-refractivity contribution in [1.82, 2.24) is 25.1 Å². The summed E-state index contributed by atoms with van der Waals surface area (Å²) < 4.78 is 71.6. The number of alkyl halides is 6. The Bertz CT molecular complexity index is 1730. The van der Waals surface area contributed by atoms with Crippen molar-refractivity contribution in [2.45, 2.75) is 31.2 Å². The zero-order valence-electron chi connectivity index (χ0n) is 22.9. The van der Waals surface area contributed by atoms with E-state index in [-0.39, 0.29) is 0 Å². The van der Waals surface area contributed by atoms with E-state index in [1.54, 1.807) is 6.20 Å². The number of nitrogens with one attached hydrogen (secondary N) is 1. The molecule has 0 radical (unpaired) electrons. The second kappa shape index (κ2) is 13.2. The van der Waals surface area contributed by atoms with Crippen LogP contribution in [0.3, 0.4) is 0 Å². The van der Waals surface area contributed by atoms with E-state index in [1.165, 1.54) is 0 Å². The van der Waals surface area contributed by atoms with Gasteiger partial charge >= 0.3 is 24.3 Å². The number of oxazole rings is 1. The van der Waals surface area contributed by atoms with Crippen molar-refractivity contribution in [2.75, 3.05) is 18.8 Å². The lowest BCUT2D eigenvalue weighted by Crippen LogP contribution is -2.29. The minimum atomic E-state index is -5.08. The number of halogens is 6. The molecule has 5 aromatic rings. The minimum Gasteiger partial charge on any atom is -0.475 e. The molecule has 11 nitrogen and oxygen atoms in total. The number of rotatable bonds is 3. The number of pyridine rings is 1. The van der Waals surface area contributed by atoms with Crippen LogP contribution in [0.25, 0.3) is 44.5 Å².